The number of benzene rings is 1. The molecule has 1 aliphatic heterocycles. The number of rotatable bonds is 8. The van der Waals surface area contributed by atoms with E-state index in [2.05, 4.69) is 9.97 Å². The molecular weight excluding hydrogens is 464 g/mol. The van der Waals surface area contributed by atoms with Crippen molar-refractivity contribution in [1.29, 1.82) is 0 Å². The number of ketones is 1. The van der Waals surface area contributed by atoms with Crippen LogP contribution in [0.2, 0.25) is 0 Å². The number of hydrogen-bond donors (Lipinski definition) is 3. The number of nitrogens with one attached hydrogen (secondary N) is 2. The Kier molecular flexibility index (Phi) is 6.96. The van der Waals surface area contributed by atoms with Crippen LogP contribution in [0.3, 0.4) is 0 Å². The quantitative estimate of drug-likeness (QED) is 0.145. The second-order valence-electron chi connectivity index (χ2n) is 8.59. The maximum atomic E-state index is 13.3. The summed E-state index contributed by atoms with van der Waals surface area (Å²) in [6, 6.07) is 6.23. The van der Waals surface area contributed by atoms with Crippen LogP contribution in [0.1, 0.15) is 45.3 Å². The van der Waals surface area contributed by atoms with E-state index in [1.807, 2.05) is 17.1 Å². The van der Waals surface area contributed by atoms with E-state index in [1.165, 1.54) is 12.0 Å². The van der Waals surface area contributed by atoms with Crippen molar-refractivity contribution in [3.05, 3.63) is 76.6 Å². The van der Waals surface area contributed by atoms with Gasteiger partial charge in [-0.1, -0.05) is 12.1 Å². The predicted octanol–water partition coefficient (Wildman–Crippen LogP) is 2.55. The van der Waals surface area contributed by atoms with Gasteiger partial charge in [-0.25, -0.2) is 9.36 Å². The number of carbonyl (C=O) groups is 3. The van der Waals surface area contributed by atoms with Crippen LogP contribution in [0.15, 0.2) is 48.6 Å². The first-order chi connectivity index (χ1) is 17.3. The Balaban J connectivity index is 1.80. The molecule has 1 aliphatic rings. The molecule has 0 aliphatic carbocycles. The number of Topliss-reactive ketones (excluding diaryl/α,β-unsaturated/α-hetero) is 1. The number of aromatic nitrogens is 3. The summed E-state index contributed by atoms with van der Waals surface area (Å²) in [7, 11) is 2.81. The highest BCUT2D eigenvalue weighted by molar-refractivity contribution is 6.46. The number of imidazole rings is 1. The van der Waals surface area contributed by atoms with Crippen LogP contribution in [0, 0.1) is 13.8 Å². The van der Waals surface area contributed by atoms with Gasteiger partial charge in [-0.15, -0.1) is 0 Å². The zero-order valence-corrected chi connectivity index (χ0v) is 20.6. The molecule has 188 valence electrons. The number of methoxy groups -OCH3 is 2. The average molecular weight is 494 g/mol. The van der Waals surface area contributed by atoms with Crippen LogP contribution in [0.4, 0.5) is 0 Å². The zero-order chi connectivity index (χ0) is 26.0. The molecule has 1 amide bonds. The number of aromatic amines is 2. The molecule has 0 radical (unpaired) electrons. The number of aliphatic hydroxyl groups excluding tert-OH is 1. The number of esters is 1. The normalized spacial score (nSPS) is 17.0. The van der Waals surface area contributed by atoms with Gasteiger partial charge in [0, 0.05) is 24.2 Å². The zero-order valence-electron chi connectivity index (χ0n) is 20.6. The standard InChI is InChI=1S/C26H28N4O6/c1-15-19(16(2)28-21(15)26(34)36-4)23(31)20-22(17-6-8-18(35-3)9-7-17)30(25(33)24(20)32)12-5-11-29-13-10-27-14-29/h6-10,13-14,22H,5,11-12H2,1-4H3,(H2,28,31,32,34)/p+1. The van der Waals surface area contributed by atoms with Gasteiger partial charge in [-0.2, -0.15) is 0 Å². The highest BCUT2D eigenvalue weighted by atomic mass is 16.5. The average Bonchev–Trinajstić information content (AvgIpc) is 3.57. The van der Waals surface area contributed by atoms with E-state index in [4.69, 9.17) is 9.47 Å². The third-order valence-electron chi connectivity index (χ3n) is 6.45. The number of H-pyrrole nitrogens is 2. The van der Waals surface area contributed by atoms with E-state index < -0.39 is 23.7 Å². The van der Waals surface area contributed by atoms with Crippen LogP contribution in [-0.2, 0) is 20.9 Å². The van der Waals surface area contributed by atoms with Crippen molar-refractivity contribution in [3.8, 4) is 5.75 Å². The van der Waals surface area contributed by atoms with E-state index in [-0.39, 0.29) is 17.0 Å². The largest absolute Gasteiger partial charge is 0.507 e. The lowest BCUT2D eigenvalue weighted by Gasteiger charge is -2.25. The fourth-order valence-electron chi connectivity index (χ4n) is 4.67. The molecule has 0 spiro atoms. The molecule has 1 fully saturated rings. The van der Waals surface area contributed by atoms with Gasteiger partial charge in [0.25, 0.3) is 11.7 Å². The van der Waals surface area contributed by atoms with E-state index in [0.717, 1.165) is 0 Å². The molecule has 36 heavy (non-hydrogen) atoms. The summed E-state index contributed by atoms with van der Waals surface area (Å²) in [5, 5.41) is 11.4. The fraction of sp³-hybridized carbons (Fsp3) is 0.308. The van der Waals surface area contributed by atoms with E-state index >= 15 is 0 Å². The van der Waals surface area contributed by atoms with Crippen molar-refractivity contribution < 1.29 is 33.5 Å². The van der Waals surface area contributed by atoms with Crippen molar-refractivity contribution in [2.24, 2.45) is 0 Å². The molecule has 0 bridgehead atoms. The Bertz CT molecular complexity index is 1320. The van der Waals surface area contributed by atoms with E-state index in [9.17, 15) is 19.5 Å². The lowest BCUT2D eigenvalue weighted by Crippen LogP contribution is -2.36. The maximum Gasteiger partial charge on any atom is 0.354 e. The van der Waals surface area contributed by atoms with E-state index in [1.54, 1.807) is 51.4 Å². The Morgan fingerprint density at radius 3 is 2.50 bits per heavy atom. The molecule has 1 aromatic carbocycles. The van der Waals surface area contributed by atoms with Crippen molar-refractivity contribution in [2.75, 3.05) is 20.8 Å². The summed E-state index contributed by atoms with van der Waals surface area (Å²) in [6.07, 6.45) is 6.08. The van der Waals surface area contributed by atoms with Gasteiger partial charge in [0.2, 0.25) is 6.33 Å². The molecule has 1 unspecified atom stereocenters. The van der Waals surface area contributed by atoms with Gasteiger partial charge < -0.3 is 24.5 Å². The first-order valence-electron chi connectivity index (χ1n) is 11.5. The number of nitrogens with zero attached hydrogens (tertiary/aromatic N) is 2. The number of amides is 1. The summed E-state index contributed by atoms with van der Waals surface area (Å²) in [4.78, 5) is 46.1. The minimum absolute atomic E-state index is 0.0268. The Morgan fingerprint density at radius 1 is 1.17 bits per heavy atom. The summed E-state index contributed by atoms with van der Waals surface area (Å²) >= 11 is 0. The first kappa shape index (κ1) is 24.8. The highest BCUT2D eigenvalue weighted by Gasteiger charge is 2.46. The molecule has 3 N–H and O–H groups in total. The first-order valence-corrected chi connectivity index (χ1v) is 11.5. The summed E-state index contributed by atoms with van der Waals surface area (Å²) in [5.74, 6) is -1.76. The molecule has 3 aromatic rings. The topological polar surface area (TPSA) is 129 Å². The van der Waals surface area contributed by atoms with Crippen molar-refractivity contribution >= 4 is 23.4 Å². The van der Waals surface area contributed by atoms with Crippen LogP contribution in [0.5, 0.6) is 5.75 Å². The predicted molar refractivity (Wildman–Crippen MR) is 129 cm³/mol. The van der Waals surface area contributed by atoms with Crippen LogP contribution in [-0.4, -0.2) is 58.4 Å². The van der Waals surface area contributed by atoms with Gasteiger partial charge in [0.05, 0.1) is 32.4 Å². The van der Waals surface area contributed by atoms with Crippen LogP contribution >= 0.6 is 0 Å². The minimum Gasteiger partial charge on any atom is -0.507 e. The van der Waals surface area contributed by atoms with Crippen molar-refractivity contribution in [1.82, 2.24) is 14.9 Å². The lowest BCUT2D eigenvalue weighted by molar-refractivity contribution is -0.695. The van der Waals surface area contributed by atoms with Crippen molar-refractivity contribution in [3.63, 3.8) is 0 Å². The SMILES string of the molecule is COC(=O)c1[nH]c(C)c(C(O)=C2C(=O)C(=O)N(CCC[n+]3cc[nH]c3)C2c2ccc(OC)cc2)c1C. The van der Waals surface area contributed by atoms with Crippen LogP contribution in [0.25, 0.3) is 5.76 Å². The molecule has 10 nitrogen and oxygen atoms in total. The number of ether oxygens (including phenoxy) is 2. The minimum atomic E-state index is -0.803. The smallest absolute Gasteiger partial charge is 0.354 e. The maximum absolute atomic E-state index is 13.3. The third-order valence-corrected chi connectivity index (χ3v) is 6.45. The lowest BCUT2D eigenvalue weighted by atomic mass is 9.94. The fourth-order valence-corrected chi connectivity index (χ4v) is 4.67. The Labute approximate surface area is 208 Å². The molecule has 3 heterocycles. The number of hydrogen-bond acceptors (Lipinski definition) is 6. The van der Waals surface area contributed by atoms with E-state index in [0.29, 0.717) is 47.6 Å². The molecule has 4 rings (SSSR count). The van der Waals surface area contributed by atoms with Gasteiger partial charge >= 0.3 is 5.97 Å². The molecule has 10 heteroatoms. The van der Waals surface area contributed by atoms with Gasteiger partial charge in [-0.05, 0) is 37.1 Å². The molecule has 1 atom stereocenters. The number of aliphatic hydroxyl groups is 1. The number of carbonyl (C=O) groups excluding carboxylic acids is 3. The second kappa shape index (κ2) is 10.1. The molecule has 0 saturated carbocycles. The molecule has 1 saturated heterocycles. The Hall–Kier alpha value is -4.34. The molecular formula is C26H29N4O6+. The highest BCUT2D eigenvalue weighted by Crippen LogP contribution is 2.41. The Morgan fingerprint density at radius 2 is 1.89 bits per heavy atom. The molecule has 2 aromatic heterocycles. The third kappa shape index (κ3) is 4.37. The second-order valence-corrected chi connectivity index (χ2v) is 8.59. The van der Waals surface area contributed by atoms with Crippen molar-refractivity contribution in [2.45, 2.75) is 32.9 Å². The van der Waals surface area contributed by atoms with Gasteiger partial charge in [0.1, 0.15) is 29.6 Å². The number of likely N-dealkylation sites (tertiary alicyclic amines) is 1. The van der Waals surface area contributed by atoms with Gasteiger partial charge in [-0.3, -0.25) is 14.6 Å². The monoisotopic (exact) mass is 493 g/mol. The summed E-state index contributed by atoms with van der Waals surface area (Å²) in [5.41, 5.74) is 2.02. The number of aryl methyl sites for hydroxylation is 2. The van der Waals surface area contributed by atoms with Gasteiger partial charge in [0.15, 0.2) is 0 Å². The summed E-state index contributed by atoms with van der Waals surface area (Å²) < 4.78 is 12.0. The van der Waals surface area contributed by atoms with Crippen LogP contribution < -0.4 is 9.30 Å². The summed E-state index contributed by atoms with van der Waals surface area (Å²) in [6.45, 7) is 4.27.